The highest BCUT2D eigenvalue weighted by atomic mass is 79.9. The summed E-state index contributed by atoms with van der Waals surface area (Å²) in [7, 11) is 1.64. The van der Waals surface area contributed by atoms with Crippen LogP contribution in [-0.4, -0.2) is 13.2 Å². The standard InChI is InChI=1S/C16H17BrFNO/c1-20-15-5-2-11(3-6-15)8-14(19)10-12-9-13(17)4-7-16(12)18/h2-7,9,14H,8,10,19H2,1H3. The Hall–Kier alpha value is -1.39. The third kappa shape index (κ3) is 4.05. The number of nitrogens with two attached hydrogens (primary N) is 1. The van der Waals surface area contributed by atoms with Gasteiger partial charge in [0, 0.05) is 10.5 Å². The van der Waals surface area contributed by atoms with Crippen LogP contribution in [0.2, 0.25) is 0 Å². The van der Waals surface area contributed by atoms with E-state index in [1.807, 2.05) is 24.3 Å². The van der Waals surface area contributed by atoms with Crippen molar-refractivity contribution in [1.82, 2.24) is 0 Å². The molecule has 0 aliphatic rings. The minimum atomic E-state index is -0.210. The van der Waals surface area contributed by atoms with Gasteiger partial charge in [-0.2, -0.15) is 0 Å². The van der Waals surface area contributed by atoms with Crippen molar-refractivity contribution >= 4 is 15.9 Å². The van der Waals surface area contributed by atoms with Gasteiger partial charge in [0.25, 0.3) is 0 Å². The maximum absolute atomic E-state index is 13.7. The first-order chi connectivity index (χ1) is 9.58. The van der Waals surface area contributed by atoms with Crippen molar-refractivity contribution in [2.24, 2.45) is 5.73 Å². The van der Waals surface area contributed by atoms with Crippen LogP contribution >= 0.6 is 15.9 Å². The van der Waals surface area contributed by atoms with Crippen LogP contribution < -0.4 is 10.5 Å². The SMILES string of the molecule is COc1ccc(CC(N)Cc2cc(Br)ccc2F)cc1. The molecule has 0 spiro atoms. The lowest BCUT2D eigenvalue weighted by molar-refractivity contribution is 0.414. The Bertz CT molecular complexity index is 571. The van der Waals surface area contributed by atoms with E-state index in [2.05, 4.69) is 15.9 Å². The molecule has 2 N–H and O–H groups in total. The van der Waals surface area contributed by atoms with Gasteiger partial charge in [0.05, 0.1) is 7.11 Å². The van der Waals surface area contributed by atoms with E-state index >= 15 is 0 Å². The van der Waals surface area contributed by atoms with Crippen molar-refractivity contribution in [3.05, 3.63) is 63.9 Å². The normalized spacial score (nSPS) is 12.2. The highest BCUT2D eigenvalue weighted by molar-refractivity contribution is 9.10. The molecule has 1 atom stereocenters. The average molecular weight is 338 g/mol. The van der Waals surface area contributed by atoms with Crippen LogP contribution in [0.15, 0.2) is 46.9 Å². The van der Waals surface area contributed by atoms with Crippen LogP contribution in [0.25, 0.3) is 0 Å². The van der Waals surface area contributed by atoms with Gasteiger partial charge in [-0.1, -0.05) is 28.1 Å². The van der Waals surface area contributed by atoms with Gasteiger partial charge in [0.2, 0.25) is 0 Å². The van der Waals surface area contributed by atoms with Gasteiger partial charge in [-0.05, 0) is 54.3 Å². The van der Waals surface area contributed by atoms with Gasteiger partial charge in [-0.25, -0.2) is 4.39 Å². The van der Waals surface area contributed by atoms with Gasteiger partial charge in [0.15, 0.2) is 0 Å². The van der Waals surface area contributed by atoms with Crippen molar-refractivity contribution in [2.45, 2.75) is 18.9 Å². The zero-order valence-corrected chi connectivity index (χ0v) is 12.9. The topological polar surface area (TPSA) is 35.2 Å². The smallest absolute Gasteiger partial charge is 0.126 e. The van der Waals surface area contributed by atoms with E-state index in [1.54, 1.807) is 19.2 Å². The van der Waals surface area contributed by atoms with E-state index in [9.17, 15) is 4.39 Å². The Morgan fingerprint density at radius 1 is 1.15 bits per heavy atom. The fourth-order valence-corrected chi connectivity index (χ4v) is 2.53. The maximum Gasteiger partial charge on any atom is 0.126 e. The van der Waals surface area contributed by atoms with Gasteiger partial charge in [0.1, 0.15) is 11.6 Å². The zero-order valence-electron chi connectivity index (χ0n) is 11.3. The molecule has 106 valence electrons. The maximum atomic E-state index is 13.7. The van der Waals surface area contributed by atoms with Gasteiger partial charge >= 0.3 is 0 Å². The number of ether oxygens (including phenoxy) is 1. The van der Waals surface area contributed by atoms with Crippen LogP contribution in [-0.2, 0) is 12.8 Å². The fraction of sp³-hybridized carbons (Fsp3) is 0.250. The quantitative estimate of drug-likeness (QED) is 0.902. The van der Waals surface area contributed by atoms with E-state index < -0.39 is 0 Å². The molecule has 2 nitrogen and oxygen atoms in total. The van der Waals surface area contributed by atoms with Crippen LogP contribution in [0.5, 0.6) is 5.75 Å². The summed E-state index contributed by atoms with van der Waals surface area (Å²) in [6.45, 7) is 0. The second kappa shape index (κ2) is 6.86. The number of halogens is 2. The van der Waals surface area contributed by atoms with E-state index in [0.717, 1.165) is 15.8 Å². The van der Waals surface area contributed by atoms with Gasteiger partial charge in [-0.15, -0.1) is 0 Å². The predicted molar refractivity (Wildman–Crippen MR) is 82.5 cm³/mol. The Balaban J connectivity index is 2.00. The zero-order chi connectivity index (χ0) is 14.5. The molecule has 0 saturated heterocycles. The fourth-order valence-electron chi connectivity index (χ4n) is 2.12. The molecule has 1 unspecified atom stereocenters. The molecule has 0 fully saturated rings. The lowest BCUT2D eigenvalue weighted by Gasteiger charge is -2.13. The van der Waals surface area contributed by atoms with Crippen LogP contribution in [0.1, 0.15) is 11.1 Å². The Kier molecular flexibility index (Phi) is 5.15. The summed E-state index contributed by atoms with van der Waals surface area (Å²) in [5.74, 6) is 0.610. The molecule has 0 bridgehead atoms. The molecule has 0 aromatic heterocycles. The summed E-state index contributed by atoms with van der Waals surface area (Å²) in [5, 5.41) is 0. The van der Waals surface area contributed by atoms with E-state index in [1.165, 1.54) is 6.07 Å². The first-order valence-electron chi connectivity index (χ1n) is 6.41. The third-order valence-electron chi connectivity index (χ3n) is 3.15. The number of benzene rings is 2. The minimum Gasteiger partial charge on any atom is -0.497 e. The van der Waals surface area contributed by atoms with Crippen molar-refractivity contribution in [2.75, 3.05) is 7.11 Å². The second-order valence-electron chi connectivity index (χ2n) is 4.75. The predicted octanol–water partition coefficient (Wildman–Crippen LogP) is 3.71. The molecule has 20 heavy (non-hydrogen) atoms. The Morgan fingerprint density at radius 3 is 2.50 bits per heavy atom. The van der Waals surface area contributed by atoms with E-state index in [0.29, 0.717) is 18.4 Å². The molecule has 0 amide bonds. The Labute approximate surface area is 126 Å². The summed E-state index contributed by atoms with van der Waals surface area (Å²) < 4.78 is 19.7. The average Bonchev–Trinajstić information content (AvgIpc) is 2.43. The molecule has 2 rings (SSSR count). The van der Waals surface area contributed by atoms with Crippen molar-refractivity contribution in [3.63, 3.8) is 0 Å². The highest BCUT2D eigenvalue weighted by Gasteiger charge is 2.10. The molecular weight excluding hydrogens is 321 g/mol. The van der Waals surface area contributed by atoms with E-state index in [-0.39, 0.29) is 11.9 Å². The van der Waals surface area contributed by atoms with Crippen LogP contribution in [0.3, 0.4) is 0 Å². The third-order valence-corrected chi connectivity index (χ3v) is 3.64. The minimum absolute atomic E-state index is 0.118. The Morgan fingerprint density at radius 2 is 1.85 bits per heavy atom. The monoisotopic (exact) mass is 337 g/mol. The van der Waals surface area contributed by atoms with E-state index in [4.69, 9.17) is 10.5 Å². The molecule has 2 aromatic rings. The molecule has 2 aromatic carbocycles. The van der Waals surface area contributed by atoms with Gasteiger partial charge < -0.3 is 10.5 Å². The highest BCUT2D eigenvalue weighted by Crippen LogP contribution is 2.18. The van der Waals surface area contributed by atoms with Crippen LogP contribution in [0.4, 0.5) is 4.39 Å². The number of hydrogen-bond acceptors (Lipinski definition) is 2. The largest absolute Gasteiger partial charge is 0.497 e. The number of methoxy groups -OCH3 is 1. The summed E-state index contributed by atoms with van der Waals surface area (Å²) >= 11 is 3.35. The van der Waals surface area contributed by atoms with Crippen molar-refractivity contribution in [3.8, 4) is 5.75 Å². The lowest BCUT2D eigenvalue weighted by Crippen LogP contribution is -2.26. The number of rotatable bonds is 5. The molecule has 0 radical (unpaired) electrons. The molecule has 0 heterocycles. The van der Waals surface area contributed by atoms with Crippen molar-refractivity contribution < 1.29 is 9.13 Å². The molecule has 0 saturated carbocycles. The lowest BCUT2D eigenvalue weighted by atomic mass is 9.99. The molecule has 0 aliphatic heterocycles. The summed E-state index contributed by atoms with van der Waals surface area (Å²) in [6.07, 6.45) is 1.22. The molecule has 4 heteroatoms. The molecule has 0 aliphatic carbocycles. The van der Waals surface area contributed by atoms with Crippen molar-refractivity contribution in [1.29, 1.82) is 0 Å². The first kappa shape index (κ1) is 15.0. The number of hydrogen-bond donors (Lipinski definition) is 1. The summed E-state index contributed by atoms with van der Waals surface area (Å²) in [6, 6.07) is 12.6. The van der Waals surface area contributed by atoms with Crippen LogP contribution in [0, 0.1) is 5.82 Å². The summed E-state index contributed by atoms with van der Waals surface area (Å²) in [5.41, 5.74) is 7.87. The van der Waals surface area contributed by atoms with Gasteiger partial charge in [-0.3, -0.25) is 0 Å². The second-order valence-corrected chi connectivity index (χ2v) is 5.67. The molecular formula is C16H17BrFNO. The summed E-state index contributed by atoms with van der Waals surface area (Å²) in [4.78, 5) is 0. The first-order valence-corrected chi connectivity index (χ1v) is 7.20.